The molecular formula is C14H26N4O2S. The number of hydrogen-bond acceptors (Lipinski definition) is 4. The van der Waals surface area contributed by atoms with Crippen LogP contribution >= 0.6 is 0 Å². The van der Waals surface area contributed by atoms with Crippen LogP contribution in [-0.4, -0.2) is 46.6 Å². The molecule has 0 bridgehead atoms. The minimum absolute atomic E-state index is 0.276. The maximum absolute atomic E-state index is 12.2. The molecule has 0 radical (unpaired) electrons. The molecule has 21 heavy (non-hydrogen) atoms. The Morgan fingerprint density at radius 2 is 1.95 bits per heavy atom. The summed E-state index contributed by atoms with van der Waals surface area (Å²) in [6.07, 6.45) is 7.31. The predicted octanol–water partition coefficient (Wildman–Crippen LogP) is 2.00. The van der Waals surface area contributed by atoms with Crippen LogP contribution in [0.4, 0.5) is 0 Å². The molecule has 1 aliphatic heterocycles. The van der Waals surface area contributed by atoms with Crippen LogP contribution in [0.25, 0.3) is 0 Å². The highest BCUT2D eigenvalue weighted by Gasteiger charge is 2.28. The van der Waals surface area contributed by atoms with E-state index >= 15 is 0 Å². The van der Waals surface area contributed by atoms with Gasteiger partial charge in [0, 0.05) is 19.3 Å². The zero-order valence-corrected chi connectivity index (χ0v) is 13.8. The average Bonchev–Trinajstić information content (AvgIpc) is 2.94. The fourth-order valence-electron chi connectivity index (χ4n) is 2.70. The Hall–Kier alpha value is -0.950. The van der Waals surface area contributed by atoms with Gasteiger partial charge in [0.2, 0.25) is 10.0 Å². The third kappa shape index (κ3) is 4.26. The van der Waals surface area contributed by atoms with Crippen molar-refractivity contribution < 1.29 is 8.42 Å². The molecule has 0 N–H and O–H groups in total. The molecule has 2 rings (SSSR count). The van der Waals surface area contributed by atoms with Crippen molar-refractivity contribution in [1.82, 2.24) is 19.3 Å². The Bertz CT molecular complexity index is 533. The van der Waals surface area contributed by atoms with Crippen molar-refractivity contribution in [3.63, 3.8) is 0 Å². The molecule has 1 aromatic heterocycles. The number of hydrogen-bond donors (Lipinski definition) is 0. The van der Waals surface area contributed by atoms with Gasteiger partial charge in [-0.1, -0.05) is 31.9 Å². The molecule has 1 aromatic rings. The van der Waals surface area contributed by atoms with E-state index in [1.54, 1.807) is 4.31 Å². The molecule has 0 spiro atoms. The molecule has 0 amide bonds. The van der Waals surface area contributed by atoms with Gasteiger partial charge in [-0.3, -0.25) is 0 Å². The fourth-order valence-corrected chi connectivity index (χ4v) is 4.38. The third-order valence-corrected chi connectivity index (χ3v) is 5.97. The van der Waals surface area contributed by atoms with Crippen LogP contribution in [-0.2, 0) is 16.4 Å². The van der Waals surface area contributed by atoms with E-state index in [0.29, 0.717) is 13.1 Å². The summed E-state index contributed by atoms with van der Waals surface area (Å²) in [4.78, 5) is 0. The van der Waals surface area contributed by atoms with Gasteiger partial charge in [0.25, 0.3) is 0 Å². The lowest BCUT2D eigenvalue weighted by molar-refractivity contribution is 0.258. The van der Waals surface area contributed by atoms with Crippen LogP contribution in [0.3, 0.4) is 0 Å². The second-order valence-electron chi connectivity index (χ2n) is 5.74. The minimum Gasteiger partial charge on any atom is -0.249 e. The number of unbranched alkanes of at least 4 members (excludes halogenated alkanes) is 1. The van der Waals surface area contributed by atoms with Gasteiger partial charge in [-0.15, -0.1) is 5.10 Å². The maximum Gasteiger partial charge on any atom is 0.214 e. The standard InChI is InChI=1S/C14H26N4O2S/c1-3-5-11-21(19,20)17-9-7-14(8-10-17)18-12-13(6-4-2)15-16-18/h12,14H,3-11H2,1-2H3. The molecular weight excluding hydrogens is 288 g/mol. The molecule has 0 atom stereocenters. The van der Waals surface area contributed by atoms with E-state index in [2.05, 4.69) is 17.2 Å². The predicted molar refractivity (Wildman–Crippen MR) is 82.6 cm³/mol. The summed E-state index contributed by atoms with van der Waals surface area (Å²) in [5.41, 5.74) is 1.02. The number of aromatic nitrogens is 3. The van der Waals surface area contributed by atoms with Crippen LogP contribution in [0, 0.1) is 0 Å². The monoisotopic (exact) mass is 314 g/mol. The number of rotatable bonds is 7. The second-order valence-corrected chi connectivity index (χ2v) is 7.83. The van der Waals surface area contributed by atoms with Crippen molar-refractivity contribution in [3.8, 4) is 0 Å². The molecule has 0 saturated carbocycles. The van der Waals surface area contributed by atoms with Gasteiger partial charge in [-0.05, 0) is 25.7 Å². The van der Waals surface area contributed by atoms with E-state index in [1.165, 1.54) is 0 Å². The topological polar surface area (TPSA) is 68.1 Å². The zero-order chi connectivity index (χ0) is 15.3. The maximum atomic E-state index is 12.2. The van der Waals surface area contributed by atoms with Gasteiger partial charge < -0.3 is 0 Å². The quantitative estimate of drug-likeness (QED) is 0.772. The molecule has 0 aromatic carbocycles. The highest BCUT2D eigenvalue weighted by molar-refractivity contribution is 7.89. The summed E-state index contributed by atoms with van der Waals surface area (Å²) < 4.78 is 27.9. The molecule has 1 saturated heterocycles. The Morgan fingerprint density at radius 1 is 1.24 bits per heavy atom. The van der Waals surface area contributed by atoms with Gasteiger partial charge in [0.1, 0.15) is 0 Å². The van der Waals surface area contributed by atoms with E-state index in [9.17, 15) is 8.42 Å². The zero-order valence-electron chi connectivity index (χ0n) is 13.0. The van der Waals surface area contributed by atoms with Gasteiger partial charge >= 0.3 is 0 Å². The second kappa shape index (κ2) is 7.35. The summed E-state index contributed by atoms with van der Waals surface area (Å²) in [5.74, 6) is 0.276. The third-order valence-electron chi connectivity index (χ3n) is 4.01. The molecule has 6 nitrogen and oxygen atoms in total. The summed E-state index contributed by atoms with van der Waals surface area (Å²) >= 11 is 0. The largest absolute Gasteiger partial charge is 0.249 e. The van der Waals surface area contributed by atoms with Gasteiger partial charge in [0.15, 0.2) is 0 Å². The number of aryl methyl sites for hydroxylation is 1. The number of sulfonamides is 1. The average molecular weight is 314 g/mol. The molecule has 0 unspecified atom stereocenters. The minimum atomic E-state index is -3.07. The van der Waals surface area contributed by atoms with E-state index < -0.39 is 10.0 Å². The Labute approximate surface area is 127 Å². The summed E-state index contributed by atoms with van der Waals surface area (Å²) in [7, 11) is -3.07. The van der Waals surface area contributed by atoms with Gasteiger partial charge in [0.05, 0.1) is 17.5 Å². The van der Waals surface area contributed by atoms with E-state index in [4.69, 9.17) is 0 Å². The normalized spacial score (nSPS) is 18.2. The Kier molecular flexibility index (Phi) is 5.75. The first kappa shape index (κ1) is 16.4. The van der Waals surface area contributed by atoms with E-state index in [-0.39, 0.29) is 11.8 Å². The molecule has 120 valence electrons. The number of piperidine rings is 1. The highest BCUT2D eigenvalue weighted by atomic mass is 32.2. The van der Waals surface area contributed by atoms with Crippen molar-refractivity contribution in [2.45, 2.75) is 58.4 Å². The van der Waals surface area contributed by atoms with Crippen LogP contribution in [0.1, 0.15) is 57.7 Å². The van der Waals surface area contributed by atoms with Crippen LogP contribution < -0.4 is 0 Å². The first-order chi connectivity index (χ1) is 10.1. The van der Waals surface area contributed by atoms with Crippen molar-refractivity contribution in [1.29, 1.82) is 0 Å². The lowest BCUT2D eigenvalue weighted by atomic mass is 10.1. The molecule has 2 heterocycles. The molecule has 0 aliphatic carbocycles. The highest BCUT2D eigenvalue weighted by Crippen LogP contribution is 2.24. The Morgan fingerprint density at radius 3 is 2.57 bits per heavy atom. The van der Waals surface area contributed by atoms with Crippen LogP contribution in [0.15, 0.2) is 6.20 Å². The van der Waals surface area contributed by atoms with E-state index in [0.717, 1.165) is 44.2 Å². The molecule has 1 aliphatic rings. The first-order valence-corrected chi connectivity index (χ1v) is 9.56. The van der Waals surface area contributed by atoms with E-state index in [1.807, 2.05) is 17.8 Å². The molecule has 1 fully saturated rings. The van der Waals surface area contributed by atoms with Crippen molar-refractivity contribution in [2.75, 3.05) is 18.8 Å². The van der Waals surface area contributed by atoms with Gasteiger partial charge in [-0.2, -0.15) is 0 Å². The fraction of sp³-hybridized carbons (Fsp3) is 0.857. The summed E-state index contributed by atoms with van der Waals surface area (Å²) in [6, 6.07) is 0.278. The van der Waals surface area contributed by atoms with Crippen molar-refractivity contribution in [2.24, 2.45) is 0 Å². The number of nitrogens with zero attached hydrogens (tertiary/aromatic N) is 4. The first-order valence-electron chi connectivity index (χ1n) is 7.95. The smallest absolute Gasteiger partial charge is 0.214 e. The van der Waals surface area contributed by atoms with Crippen molar-refractivity contribution in [3.05, 3.63) is 11.9 Å². The molecule has 7 heteroatoms. The lowest BCUT2D eigenvalue weighted by Gasteiger charge is -2.31. The lowest BCUT2D eigenvalue weighted by Crippen LogP contribution is -2.40. The van der Waals surface area contributed by atoms with Crippen LogP contribution in [0.5, 0.6) is 0 Å². The summed E-state index contributed by atoms with van der Waals surface area (Å²) in [6.45, 7) is 5.33. The Balaban J connectivity index is 1.90. The SMILES string of the molecule is CCCCS(=O)(=O)N1CCC(n2cc(CCC)nn2)CC1. The van der Waals surface area contributed by atoms with Gasteiger partial charge in [-0.25, -0.2) is 17.4 Å². The van der Waals surface area contributed by atoms with Crippen molar-refractivity contribution >= 4 is 10.0 Å². The summed E-state index contributed by atoms with van der Waals surface area (Å²) in [5, 5.41) is 8.36. The van der Waals surface area contributed by atoms with Crippen LogP contribution in [0.2, 0.25) is 0 Å².